The first-order chi connectivity index (χ1) is 9.06. The SMILES string of the molecule is Cc1nc(CC(=O)N(C)Cc2cnccn2)c(C)s1. The Bertz CT molecular complexity index is 567. The third kappa shape index (κ3) is 3.57. The highest BCUT2D eigenvalue weighted by atomic mass is 32.1. The molecular weight excluding hydrogens is 260 g/mol. The van der Waals surface area contributed by atoms with Crippen LogP contribution in [0.4, 0.5) is 0 Å². The van der Waals surface area contributed by atoms with Crippen LogP contribution in [0.1, 0.15) is 21.3 Å². The lowest BCUT2D eigenvalue weighted by Gasteiger charge is -2.16. The van der Waals surface area contributed by atoms with E-state index in [0.717, 1.165) is 21.3 Å². The molecule has 0 saturated carbocycles. The van der Waals surface area contributed by atoms with E-state index in [9.17, 15) is 4.79 Å². The summed E-state index contributed by atoms with van der Waals surface area (Å²) in [5.41, 5.74) is 1.66. The van der Waals surface area contributed by atoms with Crippen molar-refractivity contribution in [2.75, 3.05) is 7.05 Å². The fourth-order valence-corrected chi connectivity index (χ4v) is 2.59. The number of likely N-dealkylation sites (N-methyl/N-ethyl adjacent to an activating group) is 1. The van der Waals surface area contributed by atoms with E-state index in [1.165, 1.54) is 0 Å². The minimum atomic E-state index is 0.0408. The van der Waals surface area contributed by atoms with Crippen molar-refractivity contribution in [3.8, 4) is 0 Å². The summed E-state index contributed by atoms with van der Waals surface area (Å²) in [5.74, 6) is 0.0408. The Morgan fingerprint density at radius 1 is 1.37 bits per heavy atom. The predicted molar refractivity (Wildman–Crippen MR) is 73.8 cm³/mol. The first-order valence-electron chi connectivity index (χ1n) is 5.98. The maximum absolute atomic E-state index is 12.1. The van der Waals surface area contributed by atoms with Crippen molar-refractivity contribution < 1.29 is 4.79 Å². The van der Waals surface area contributed by atoms with Gasteiger partial charge in [-0.2, -0.15) is 0 Å². The summed E-state index contributed by atoms with van der Waals surface area (Å²) in [6.07, 6.45) is 5.25. The lowest BCUT2D eigenvalue weighted by atomic mass is 10.2. The molecule has 100 valence electrons. The lowest BCUT2D eigenvalue weighted by Crippen LogP contribution is -2.28. The van der Waals surface area contributed by atoms with Gasteiger partial charge >= 0.3 is 0 Å². The van der Waals surface area contributed by atoms with Gasteiger partial charge in [0, 0.05) is 24.3 Å². The zero-order chi connectivity index (χ0) is 13.8. The second-order valence-corrected chi connectivity index (χ2v) is 5.77. The minimum Gasteiger partial charge on any atom is -0.339 e. The Balaban J connectivity index is 1.98. The topological polar surface area (TPSA) is 59.0 Å². The van der Waals surface area contributed by atoms with E-state index in [0.29, 0.717) is 13.0 Å². The van der Waals surface area contributed by atoms with Crippen LogP contribution in [0.5, 0.6) is 0 Å². The zero-order valence-electron chi connectivity index (χ0n) is 11.3. The summed E-state index contributed by atoms with van der Waals surface area (Å²) in [6, 6.07) is 0. The van der Waals surface area contributed by atoms with E-state index < -0.39 is 0 Å². The summed E-state index contributed by atoms with van der Waals surface area (Å²) in [6.45, 7) is 4.42. The number of carbonyl (C=O) groups excluding carboxylic acids is 1. The standard InChI is InChI=1S/C13H16N4OS/c1-9-12(16-10(2)19-9)6-13(18)17(3)8-11-7-14-4-5-15-11/h4-5,7H,6,8H2,1-3H3. The molecule has 2 rings (SSSR count). The molecule has 0 aliphatic rings. The number of thiazole rings is 1. The summed E-state index contributed by atoms with van der Waals surface area (Å²) < 4.78 is 0. The maximum atomic E-state index is 12.1. The molecule has 19 heavy (non-hydrogen) atoms. The third-order valence-corrected chi connectivity index (χ3v) is 3.69. The first-order valence-corrected chi connectivity index (χ1v) is 6.79. The van der Waals surface area contributed by atoms with Crippen molar-refractivity contribution in [1.29, 1.82) is 0 Å². The van der Waals surface area contributed by atoms with Crippen LogP contribution in [0.3, 0.4) is 0 Å². The van der Waals surface area contributed by atoms with E-state index in [4.69, 9.17) is 0 Å². The molecule has 0 aromatic carbocycles. The number of aromatic nitrogens is 3. The second-order valence-electron chi connectivity index (χ2n) is 4.36. The number of amides is 1. The monoisotopic (exact) mass is 276 g/mol. The van der Waals surface area contributed by atoms with Crippen molar-refractivity contribution in [3.05, 3.63) is 39.9 Å². The van der Waals surface area contributed by atoms with Crippen molar-refractivity contribution in [1.82, 2.24) is 19.9 Å². The third-order valence-electron chi connectivity index (χ3n) is 2.76. The number of hydrogen-bond donors (Lipinski definition) is 0. The van der Waals surface area contributed by atoms with Gasteiger partial charge in [-0.3, -0.25) is 14.8 Å². The quantitative estimate of drug-likeness (QED) is 0.853. The van der Waals surface area contributed by atoms with E-state index in [-0.39, 0.29) is 5.91 Å². The molecule has 1 amide bonds. The van der Waals surface area contributed by atoms with E-state index >= 15 is 0 Å². The molecule has 6 heteroatoms. The predicted octanol–water partition coefficient (Wildman–Crippen LogP) is 1.75. The van der Waals surface area contributed by atoms with E-state index in [1.54, 1.807) is 41.9 Å². The molecule has 0 atom stereocenters. The average Bonchev–Trinajstić information content (AvgIpc) is 2.69. The molecule has 0 bridgehead atoms. The molecule has 0 spiro atoms. The van der Waals surface area contributed by atoms with Crippen LogP contribution in [-0.2, 0) is 17.8 Å². The van der Waals surface area contributed by atoms with Crippen LogP contribution in [-0.4, -0.2) is 32.8 Å². The van der Waals surface area contributed by atoms with Crippen molar-refractivity contribution in [2.24, 2.45) is 0 Å². The van der Waals surface area contributed by atoms with E-state index in [2.05, 4.69) is 15.0 Å². The highest BCUT2D eigenvalue weighted by molar-refractivity contribution is 7.11. The molecule has 0 radical (unpaired) electrons. The number of rotatable bonds is 4. The maximum Gasteiger partial charge on any atom is 0.228 e. The fraction of sp³-hybridized carbons (Fsp3) is 0.385. The van der Waals surface area contributed by atoms with Gasteiger partial charge in [-0.15, -0.1) is 11.3 Å². The Morgan fingerprint density at radius 2 is 2.16 bits per heavy atom. The first kappa shape index (κ1) is 13.6. The highest BCUT2D eigenvalue weighted by Gasteiger charge is 2.14. The van der Waals surface area contributed by atoms with Crippen LogP contribution >= 0.6 is 11.3 Å². The molecule has 5 nitrogen and oxygen atoms in total. The van der Waals surface area contributed by atoms with Gasteiger partial charge in [-0.25, -0.2) is 4.98 Å². The number of aryl methyl sites for hydroxylation is 2. The molecular formula is C13H16N4OS. The van der Waals surface area contributed by atoms with Gasteiger partial charge < -0.3 is 4.90 Å². The second kappa shape index (κ2) is 5.88. The number of hydrogen-bond acceptors (Lipinski definition) is 5. The largest absolute Gasteiger partial charge is 0.339 e. The molecule has 0 fully saturated rings. The van der Waals surface area contributed by atoms with Gasteiger partial charge in [0.1, 0.15) is 0 Å². The van der Waals surface area contributed by atoms with Gasteiger partial charge in [0.05, 0.1) is 35.6 Å². The normalized spacial score (nSPS) is 10.5. The molecule has 0 saturated heterocycles. The van der Waals surface area contributed by atoms with Gasteiger partial charge in [-0.1, -0.05) is 0 Å². The number of carbonyl (C=O) groups is 1. The Morgan fingerprint density at radius 3 is 2.74 bits per heavy atom. The Kier molecular flexibility index (Phi) is 4.21. The molecule has 0 aliphatic heterocycles. The molecule has 2 aromatic heterocycles. The van der Waals surface area contributed by atoms with E-state index in [1.807, 2.05) is 13.8 Å². The van der Waals surface area contributed by atoms with Gasteiger partial charge in [0.25, 0.3) is 0 Å². The van der Waals surface area contributed by atoms with Crippen LogP contribution < -0.4 is 0 Å². The van der Waals surface area contributed by atoms with Crippen molar-refractivity contribution in [3.63, 3.8) is 0 Å². The van der Waals surface area contributed by atoms with Crippen LogP contribution in [0.15, 0.2) is 18.6 Å². The smallest absolute Gasteiger partial charge is 0.228 e. The molecule has 0 unspecified atom stereocenters. The summed E-state index contributed by atoms with van der Waals surface area (Å²) >= 11 is 1.62. The van der Waals surface area contributed by atoms with Gasteiger partial charge in [0.2, 0.25) is 5.91 Å². The van der Waals surface area contributed by atoms with Gasteiger partial charge in [0.15, 0.2) is 0 Å². The van der Waals surface area contributed by atoms with Crippen molar-refractivity contribution in [2.45, 2.75) is 26.8 Å². The fourth-order valence-electron chi connectivity index (χ4n) is 1.76. The molecule has 0 aliphatic carbocycles. The molecule has 2 aromatic rings. The molecule has 0 N–H and O–H groups in total. The van der Waals surface area contributed by atoms with Crippen LogP contribution in [0.2, 0.25) is 0 Å². The summed E-state index contributed by atoms with van der Waals surface area (Å²) in [4.78, 5) is 27.4. The number of nitrogens with zero attached hydrogens (tertiary/aromatic N) is 4. The average molecular weight is 276 g/mol. The summed E-state index contributed by atoms with van der Waals surface area (Å²) in [5, 5.41) is 0.997. The minimum absolute atomic E-state index is 0.0408. The Hall–Kier alpha value is -1.82. The van der Waals surface area contributed by atoms with Gasteiger partial charge in [-0.05, 0) is 13.8 Å². The lowest BCUT2D eigenvalue weighted by molar-refractivity contribution is -0.129. The van der Waals surface area contributed by atoms with Crippen LogP contribution in [0.25, 0.3) is 0 Å². The van der Waals surface area contributed by atoms with Crippen LogP contribution in [0, 0.1) is 13.8 Å². The Labute approximate surface area is 116 Å². The zero-order valence-corrected chi connectivity index (χ0v) is 12.1. The molecule has 2 heterocycles. The summed E-state index contributed by atoms with van der Waals surface area (Å²) in [7, 11) is 1.77. The van der Waals surface area contributed by atoms with Crippen molar-refractivity contribution >= 4 is 17.2 Å². The highest BCUT2D eigenvalue weighted by Crippen LogP contribution is 2.17.